The van der Waals surface area contributed by atoms with E-state index in [1.807, 2.05) is 12.3 Å². The van der Waals surface area contributed by atoms with Crippen LogP contribution in [0.25, 0.3) is 16.6 Å². The van der Waals surface area contributed by atoms with Gasteiger partial charge >= 0.3 is 12.2 Å². The van der Waals surface area contributed by atoms with Crippen molar-refractivity contribution in [2.75, 3.05) is 10.6 Å². The Morgan fingerprint density at radius 2 is 1.90 bits per heavy atom. The Balaban J connectivity index is 1.50. The van der Waals surface area contributed by atoms with E-state index in [0.717, 1.165) is 42.3 Å². The number of aromatic amines is 1. The topological polar surface area (TPSA) is 69.8 Å². The van der Waals surface area contributed by atoms with E-state index in [-0.39, 0.29) is 5.69 Å². The van der Waals surface area contributed by atoms with Gasteiger partial charge in [-0.15, -0.1) is 0 Å². The number of rotatable bonds is 3. The molecule has 2 aromatic heterocycles. The average Bonchev–Trinajstić information content (AvgIpc) is 3.10. The molecule has 3 aromatic rings. The van der Waals surface area contributed by atoms with Crippen LogP contribution < -0.4 is 10.6 Å². The van der Waals surface area contributed by atoms with Crippen LogP contribution in [0.15, 0.2) is 48.8 Å². The number of aromatic nitrogens is 2. The molecule has 0 spiro atoms. The number of nitrogens with one attached hydrogen (secondary N) is 3. The first-order valence-corrected chi connectivity index (χ1v) is 9.32. The van der Waals surface area contributed by atoms with Gasteiger partial charge in [0, 0.05) is 23.5 Å². The fourth-order valence-corrected chi connectivity index (χ4v) is 3.41. The van der Waals surface area contributed by atoms with Crippen molar-refractivity contribution in [1.29, 1.82) is 0 Å². The minimum absolute atomic E-state index is 0.265. The normalized spacial score (nSPS) is 14.5. The van der Waals surface area contributed by atoms with E-state index in [1.54, 1.807) is 6.20 Å². The first-order valence-electron chi connectivity index (χ1n) is 9.32. The standard InChI is InChI=1S/C21H19F3N4O/c22-21(23,24)15-6-8-16(9-7-15)27-20(29)28-18-12-26-19-17(18)10-14(11-25-19)13-4-2-1-3-5-13/h4,6-12H,1-3,5H2,(H,25,26)(H2,27,28,29). The van der Waals surface area contributed by atoms with Crippen LogP contribution in [0.4, 0.5) is 29.3 Å². The van der Waals surface area contributed by atoms with Crippen LogP contribution in [0.5, 0.6) is 0 Å². The molecule has 4 rings (SSSR count). The zero-order valence-corrected chi connectivity index (χ0v) is 15.4. The molecule has 2 amide bonds. The van der Waals surface area contributed by atoms with Gasteiger partial charge in [-0.25, -0.2) is 9.78 Å². The van der Waals surface area contributed by atoms with Crippen molar-refractivity contribution in [2.24, 2.45) is 0 Å². The third-order valence-electron chi connectivity index (χ3n) is 4.91. The largest absolute Gasteiger partial charge is 0.416 e. The van der Waals surface area contributed by atoms with Crippen LogP contribution in [0.2, 0.25) is 0 Å². The number of anilines is 2. The first-order chi connectivity index (χ1) is 13.9. The third kappa shape index (κ3) is 4.26. The van der Waals surface area contributed by atoms with Crippen molar-refractivity contribution in [3.05, 3.63) is 59.9 Å². The molecule has 1 aliphatic rings. The van der Waals surface area contributed by atoms with E-state index in [1.165, 1.54) is 24.1 Å². The molecule has 0 aliphatic heterocycles. The van der Waals surface area contributed by atoms with Gasteiger partial charge < -0.3 is 15.6 Å². The highest BCUT2D eigenvalue weighted by molar-refractivity contribution is 6.05. The summed E-state index contributed by atoms with van der Waals surface area (Å²) in [7, 11) is 0. The van der Waals surface area contributed by atoms with Gasteiger partial charge in [-0.2, -0.15) is 13.2 Å². The van der Waals surface area contributed by atoms with Gasteiger partial charge in [0.15, 0.2) is 0 Å². The summed E-state index contributed by atoms with van der Waals surface area (Å²) >= 11 is 0. The summed E-state index contributed by atoms with van der Waals surface area (Å²) in [4.78, 5) is 19.7. The Morgan fingerprint density at radius 3 is 2.59 bits per heavy atom. The highest BCUT2D eigenvalue weighted by Gasteiger charge is 2.30. The molecule has 0 unspecified atom stereocenters. The molecule has 0 atom stereocenters. The molecule has 1 aliphatic carbocycles. The predicted octanol–water partition coefficient (Wildman–Crippen LogP) is 6.18. The summed E-state index contributed by atoms with van der Waals surface area (Å²) in [5, 5.41) is 6.04. The van der Waals surface area contributed by atoms with Crippen LogP contribution in [0.3, 0.4) is 0 Å². The number of hydrogen-bond acceptors (Lipinski definition) is 2. The summed E-state index contributed by atoms with van der Waals surface area (Å²) in [5.74, 6) is 0. The van der Waals surface area contributed by atoms with Gasteiger partial charge in [-0.1, -0.05) is 6.08 Å². The van der Waals surface area contributed by atoms with E-state index in [4.69, 9.17) is 0 Å². The zero-order chi connectivity index (χ0) is 20.4. The lowest BCUT2D eigenvalue weighted by Gasteiger charge is -2.13. The number of hydrogen-bond donors (Lipinski definition) is 3. The summed E-state index contributed by atoms with van der Waals surface area (Å²) in [5.41, 5.74) is 2.98. The van der Waals surface area contributed by atoms with Crippen molar-refractivity contribution in [2.45, 2.75) is 31.9 Å². The third-order valence-corrected chi connectivity index (χ3v) is 4.91. The molecule has 0 bridgehead atoms. The maximum Gasteiger partial charge on any atom is 0.416 e. The number of allylic oxidation sites excluding steroid dienone is 2. The SMILES string of the molecule is O=C(Nc1ccc(C(F)(F)F)cc1)Nc1c[nH]c2ncc(C3=CCCCC3)cc12. The Labute approximate surface area is 165 Å². The van der Waals surface area contributed by atoms with Crippen LogP contribution in [0, 0.1) is 0 Å². The van der Waals surface area contributed by atoms with E-state index in [2.05, 4.69) is 26.7 Å². The fourth-order valence-electron chi connectivity index (χ4n) is 3.41. The number of urea groups is 1. The van der Waals surface area contributed by atoms with Crippen LogP contribution >= 0.6 is 0 Å². The van der Waals surface area contributed by atoms with Crippen molar-refractivity contribution < 1.29 is 18.0 Å². The van der Waals surface area contributed by atoms with Crippen molar-refractivity contribution in [3.63, 3.8) is 0 Å². The van der Waals surface area contributed by atoms with Gasteiger partial charge in [0.25, 0.3) is 0 Å². The second-order valence-corrected chi connectivity index (χ2v) is 6.95. The summed E-state index contributed by atoms with van der Waals surface area (Å²) in [6.07, 6.45) is 5.69. The fraction of sp³-hybridized carbons (Fsp3) is 0.238. The lowest BCUT2D eigenvalue weighted by molar-refractivity contribution is -0.137. The zero-order valence-electron chi connectivity index (χ0n) is 15.4. The molecule has 29 heavy (non-hydrogen) atoms. The maximum absolute atomic E-state index is 12.6. The molecule has 150 valence electrons. The van der Waals surface area contributed by atoms with Crippen LogP contribution in [0.1, 0.15) is 36.8 Å². The molecule has 0 saturated heterocycles. The molecule has 0 radical (unpaired) electrons. The molecule has 3 N–H and O–H groups in total. The molecule has 0 fully saturated rings. The minimum Gasteiger partial charge on any atom is -0.344 e. The van der Waals surface area contributed by atoms with E-state index < -0.39 is 17.8 Å². The Bertz CT molecular complexity index is 1070. The Hall–Kier alpha value is -3.29. The second kappa shape index (κ2) is 7.62. The highest BCUT2D eigenvalue weighted by atomic mass is 19.4. The van der Waals surface area contributed by atoms with E-state index in [0.29, 0.717) is 11.3 Å². The Kier molecular flexibility index (Phi) is 5.00. The summed E-state index contributed by atoms with van der Waals surface area (Å²) in [6, 6.07) is 5.72. The number of benzene rings is 1. The molecular formula is C21H19F3N4O. The monoisotopic (exact) mass is 400 g/mol. The van der Waals surface area contributed by atoms with Gasteiger partial charge in [0.05, 0.1) is 11.3 Å². The number of amides is 2. The first kappa shape index (κ1) is 19.0. The molecule has 1 aromatic carbocycles. The maximum atomic E-state index is 12.6. The number of H-pyrrole nitrogens is 1. The number of alkyl halides is 3. The number of fused-ring (bicyclic) bond motifs is 1. The summed E-state index contributed by atoms with van der Waals surface area (Å²) < 4.78 is 37.9. The molecule has 0 saturated carbocycles. The molecule has 8 heteroatoms. The van der Waals surface area contributed by atoms with Gasteiger partial charge in [-0.3, -0.25) is 0 Å². The van der Waals surface area contributed by atoms with Crippen molar-refractivity contribution in [3.8, 4) is 0 Å². The average molecular weight is 400 g/mol. The summed E-state index contributed by atoms with van der Waals surface area (Å²) in [6.45, 7) is 0. The molecule has 2 heterocycles. The molecule has 5 nitrogen and oxygen atoms in total. The second-order valence-electron chi connectivity index (χ2n) is 6.95. The van der Waals surface area contributed by atoms with Crippen molar-refractivity contribution in [1.82, 2.24) is 9.97 Å². The quantitative estimate of drug-likeness (QED) is 0.491. The number of pyridine rings is 1. The lowest BCUT2D eigenvalue weighted by atomic mass is 9.94. The number of carbonyl (C=O) groups excluding carboxylic acids is 1. The van der Waals surface area contributed by atoms with Crippen LogP contribution in [-0.4, -0.2) is 16.0 Å². The van der Waals surface area contributed by atoms with Gasteiger partial charge in [-0.05, 0) is 67.2 Å². The number of carbonyl (C=O) groups is 1. The van der Waals surface area contributed by atoms with Gasteiger partial charge in [0.2, 0.25) is 0 Å². The minimum atomic E-state index is -4.41. The molecular weight excluding hydrogens is 381 g/mol. The van der Waals surface area contributed by atoms with E-state index >= 15 is 0 Å². The van der Waals surface area contributed by atoms with E-state index in [9.17, 15) is 18.0 Å². The van der Waals surface area contributed by atoms with Crippen LogP contribution in [-0.2, 0) is 6.18 Å². The van der Waals surface area contributed by atoms with Gasteiger partial charge in [0.1, 0.15) is 5.65 Å². The predicted molar refractivity (Wildman–Crippen MR) is 107 cm³/mol. The smallest absolute Gasteiger partial charge is 0.344 e. The highest BCUT2D eigenvalue weighted by Crippen LogP contribution is 2.31. The van der Waals surface area contributed by atoms with Crippen molar-refractivity contribution >= 4 is 34.0 Å². The number of nitrogens with zero attached hydrogens (tertiary/aromatic N) is 1. The lowest BCUT2D eigenvalue weighted by Crippen LogP contribution is -2.19. The Morgan fingerprint density at radius 1 is 1.10 bits per heavy atom. The number of halogens is 3.